The second kappa shape index (κ2) is 8.13. The van der Waals surface area contributed by atoms with Gasteiger partial charge in [-0.15, -0.1) is 0 Å². The Bertz CT molecular complexity index is 1310. The second-order valence-electron chi connectivity index (χ2n) is 7.15. The highest BCUT2D eigenvalue weighted by Gasteiger charge is 2.24. The van der Waals surface area contributed by atoms with Crippen LogP contribution in [0.5, 0.6) is 0 Å². The van der Waals surface area contributed by atoms with Crippen molar-refractivity contribution < 1.29 is 9.21 Å². The molecule has 1 aliphatic heterocycles. The molecule has 0 atom stereocenters. The molecule has 1 aliphatic rings. The zero-order valence-corrected chi connectivity index (χ0v) is 18.4. The van der Waals surface area contributed by atoms with Gasteiger partial charge in [-0.25, -0.2) is 9.98 Å². The fraction of sp³-hybridized carbons (Fsp3) is 0.0870. The number of carbonyl (C=O) groups is 1. The monoisotopic (exact) mass is 446 g/mol. The van der Waals surface area contributed by atoms with Gasteiger partial charge in [0.1, 0.15) is 5.76 Å². The van der Waals surface area contributed by atoms with Crippen molar-refractivity contribution in [2.24, 2.45) is 4.99 Å². The van der Waals surface area contributed by atoms with Crippen LogP contribution >= 0.6 is 23.5 Å². The molecule has 4 aromatic rings. The van der Waals surface area contributed by atoms with E-state index < -0.39 is 0 Å². The molecule has 8 heteroatoms. The summed E-state index contributed by atoms with van der Waals surface area (Å²) in [5.41, 5.74) is 4.98. The number of hydrogen-bond donors (Lipinski definition) is 2. The van der Waals surface area contributed by atoms with Crippen molar-refractivity contribution in [3.63, 3.8) is 0 Å². The summed E-state index contributed by atoms with van der Waals surface area (Å²) in [4.78, 5) is 25.3. The summed E-state index contributed by atoms with van der Waals surface area (Å²) in [6.07, 6.45) is 1.73. The molecule has 1 amide bonds. The highest BCUT2D eigenvalue weighted by Crippen LogP contribution is 2.32. The third kappa shape index (κ3) is 4.45. The number of carbonyl (C=O) groups excluding carboxylic acids is 1. The number of H-pyrrole nitrogens is 1. The highest BCUT2D eigenvalue weighted by molar-refractivity contribution is 8.18. The molecular weight excluding hydrogens is 428 g/mol. The Hall–Kier alpha value is -3.23. The Morgan fingerprint density at radius 2 is 1.90 bits per heavy atom. The van der Waals surface area contributed by atoms with Crippen LogP contribution in [0.1, 0.15) is 16.9 Å². The summed E-state index contributed by atoms with van der Waals surface area (Å²) in [6.45, 7) is 4.06. The van der Waals surface area contributed by atoms with E-state index in [0.29, 0.717) is 20.9 Å². The molecule has 1 saturated heterocycles. The van der Waals surface area contributed by atoms with Crippen LogP contribution in [0.3, 0.4) is 0 Å². The first-order valence-electron chi connectivity index (χ1n) is 9.62. The normalized spacial score (nSPS) is 16.5. The van der Waals surface area contributed by atoms with Gasteiger partial charge in [0.05, 0.1) is 21.6 Å². The van der Waals surface area contributed by atoms with Crippen LogP contribution in [0.2, 0.25) is 0 Å². The Balaban J connectivity index is 1.32. The molecule has 1 fully saturated rings. The zero-order chi connectivity index (χ0) is 21.4. The molecule has 31 heavy (non-hydrogen) atoms. The van der Waals surface area contributed by atoms with Crippen LogP contribution in [0, 0.1) is 13.8 Å². The average Bonchev–Trinajstić information content (AvgIpc) is 3.40. The number of amides is 1. The third-order valence-electron chi connectivity index (χ3n) is 4.53. The molecule has 0 radical (unpaired) electrons. The number of nitrogens with one attached hydrogen (secondary N) is 2. The maximum absolute atomic E-state index is 12.4. The molecule has 0 saturated carbocycles. The van der Waals surface area contributed by atoms with E-state index in [1.807, 2.05) is 62.4 Å². The summed E-state index contributed by atoms with van der Waals surface area (Å²) in [7, 11) is 0. The Morgan fingerprint density at radius 1 is 1.10 bits per heavy atom. The average molecular weight is 447 g/mol. The van der Waals surface area contributed by atoms with Crippen molar-refractivity contribution >= 4 is 57.4 Å². The largest absolute Gasteiger partial charge is 0.450 e. The minimum absolute atomic E-state index is 0.184. The van der Waals surface area contributed by atoms with Gasteiger partial charge < -0.3 is 14.7 Å². The van der Waals surface area contributed by atoms with E-state index >= 15 is 0 Å². The van der Waals surface area contributed by atoms with Crippen LogP contribution in [0.25, 0.3) is 17.1 Å². The van der Waals surface area contributed by atoms with Crippen molar-refractivity contribution in [3.05, 3.63) is 76.4 Å². The lowest BCUT2D eigenvalue weighted by atomic mass is 10.1. The molecule has 0 unspecified atom stereocenters. The quantitative estimate of drug-likeness (QED) is 0.386. The van der Waals surface area contributed by atoms with Crippen molar-refractivity contribution in [2.45, 2.75) is 24.1 Å². The Labute approximate surface area is 187 Å². The summed E-state index contributed by atoms with van der Waals surface area (Å²) in [6, 6.07) is 17.6. The van der Waals surface area contributed by atoms with E-state index in [1.54, 1.807) is 6.08 Å². The molecule has 0 aliphatic carbocycles. The van der Waals surface area contributed by atoms with Crippen LogP contribution in [-0.4, -0.2) is 21.0 Å². The predicted octanol–water partition coefficient (Wildman–Crippen LogP) is 5.82. The van der Waals surface area contributed by atoms with Gasteiger partial charge in [0.25, 0.3) is 5.91 Å². The second-order valence-corrected chi connectivity index (χ2v) is 9.17. The minimum atomic E-state index is -0.184. The lowest BCUT2D eigenvalue weighted by Gasteiger charge is -2.00. The number of aryl methyl sites for hydroxylation is 2. The van der Waals surface area contributed by atoms with Crippen LogP contribution in [0.15, 0.2) is 79.2 Å². The van der Waals surface area contributed by atoms with Crippen LogP contribution < -0.4 is 5.32 Å². The number of hydrogen-bond acceptors (Lipinski definition) is 6. The van der Waals surface area contributed by atoms with Gasteiger partial charge in [-0.1, -0.05) is 18.2 Å². The number of nitrogens with zero attached hydrogens (tertiary/aromatic N) is 2. The summed E-state index contributed by atoms with van der Waals surface area (Å²) < 4.78 is 5.87. The van der Waals surface area contributed by atoms with E-state index in [2.05, 4.69) is 26.3 Å². The lowest BCUT2D eigenvalue weighted by Crippen LogP contribution is -2.19. The third-order valence-corrected chi connectivity index (χ3v) is 6.25. The molecule has 0 spiro atoms. The van der Waals surface area contributed by atoms with Crippen molar-refractivity contribution in [3.8, 4) is 0 Å². The Morgan fingerprint density at radius 3 is 2.71 bits per heavy atom. The molecule has 0 bridgehead atoms. The first-order valence-corrected chi connectivity index (χ1v) is 11.3. The summed E-state index contributed by atoms with van der Waals surface area (Å²) in [5, 5.41) is 4.83. The number of furan rings is 1. The van der Waals surface area contributed by atoms with Crippen molar-refractivity contribution in [1.29, 1.82) is 0 Å². The number of para-hydroxylation sites is 2. The maximum atomic E-state index is 12.4. The molecule has 3 heterocycles. The molecule has 6 nitrogen and oxygen atoms in total. The lowest BCUT2D eigenvalue weighted by molar-refractivity contribution is -0.115. The molecule has 5 rings (SSSR count). The van der Waals surface area contributed by atoms with Gasteiger partial charge in [0.15, 0.2) is 15.4 Å². The molecule has 154 valence electrons. The van der Waals surface area contributed by atoms with E-state index in [9.17, 15) is 4.79 Å². The standard InChI is InChI=1S/C23H18N4O2S2/c1-13-9-14(2)11-15(10-13)24-22-27-21(28)19(30-22)12-16-7-8-20(29-16)31-23-25-17-5-3-4-6-18(17)26-23/h3-12H,1-2H3,(H,25,26)(H,24,27,28)/b19-12+. The first kappa shape index (κ1) is 19.7. The number of rotatable bonds is 4. The number of aliphatic imine (C=N–C) groups is 1. The van der Waals surface area contributed by atoms with E-state index in [-0.39, 0.29) is 5.91 Å². The van der Waals surface area contributed by atoms with Crippen molar-refractivity contribution in [2.75, 3.05) is 0 Å². The maximum Gasteiger partial charge on any atom is 0.264 e. The van der Waals surface area contributed by atoms with E-state index in [1.165, 1.54) is 23.5 Å². The number of benzene rings is 2. The van der Waals surface area contributed by atoms with Gasteiger partial charge in [-0.3, -0.25) is 4.79 Å². The number of amidine groups is 1. The van der Waals surface area contributed by atoms with Gasteiger partial charge in [-0.2, -0.15) is 0 Å². The number of aromatic amines is 1. The van der Waals surface area contributed by atoms with Gasteiger partial charge in [0, 0.05) is 6.08 Å². The van der Waals surface area contributed by atoms with E-state index in [0.717, 1.165) is 33.0 Å². The van der Waals surface area contributed by atoms with Gasteiger partial charge >= 0.3 is 0 Å². The van der Waals surface area contributed by atoms with Gasteiger partial charge in [0.2, 0.25) is 0 Å². The van der Waals surface area contributed by atoms with Crippen LogP contribution in [-0.2, 0) is 4.79 Å². The van der Waals surface area contributed by atoms with Gasteiger partial charge in [-0.05, 0) is 84.9 Å². The molecule has 2 aromatic heterocycles. The SMILES string of the molecule is Cc1cc(C)cc(N=C2NC(=O)/C(=C\c3ccc(Sc4nc5ccccc5[nH]4)o3)S2)c1. The fourth-order valence-corrected chi connectivity index (χ4v) is 4.87. The number of fused-ring (bicyclic) bond motifs is 1. The Kier molecular flexibility index (Phi) is 5.17. The number of aromatic nitrogens is 2. The minimum Gasteiger partial charge on any atom is -0.450 e. The number of imidazole rings is 1. The van der Waals surface area contributed by atoms with E-state index in [4.69, 9.17) is 4.42 Å². The molecule has 2 N–H and O–H groups in total. The zero-order valence-electron chi connectivity index (χ0n) is 16.8. The highest BCUT2D eigenvalue weighted by atomic mass is 32.2. The van der Waals surface area contributed by atoms with Crippen molar-refractivity contribution in [1.82, 2.24) is 15.3 Å². The summed E-state index contributed by atoms with van der Waals surface area (Å²) in [5.74, 6) is 0.417. The summed E-state index contributed by atoms with van der Waals surface area (Å²) >= 11 is 2.71. The van der Waals surface area contributed by atoms with Crippen LogP contribution in [0.4, 0.5) is 5.69 Å². The first-order chi connectivity index (χ1) is 15.0. The molecule has 2 aromatic carbocycles. The molecular formula is C23H18N4O2S2. The topological polar surface area (TPSA) is 83.3 Å². The fourth-order valence-electron chi connectivity index (χ4n) is 3.28. The smallest absolute Gasteiger partial charge is 0.264 e. The number of thioether (sulfide) groups is 1. The predicted molar refractivity (Wildman–Crippen MR) is 126 cm³/mol.